The van der Waals surface area contributed by atoms with Crippen molar-refractivity contribution in [2.75, 3.05) is 20.8 Å². The molecular formula is C15H21NO4. The van der Waals surface area contributed by atoms with Crippen molar-refractivity contribution < 1.29 is 19.1 Å². The maximum atomic E-state index is 12.0. The molecule has 0 radical (unpaired) electrons. The Hall–Kier alpha value is -1.88. The number of esters is 1. The summed E-state index contributed by atoms with van der Waals surface area (Å²) in [4.78, 5) is 23.0. The lowest BCUT2D eigenvalue weighted by molar-refractivity contribution is -0.140. The van der Waals surface area contributed by atoms with Crippen molar-refractivity contribution in [3.63, 3.8) is 0 Å². The first-order chi connectivity index (χ1) is 9.69. The van der Waals surface area contributed by atoms with Crippen LogP contribution in [0.3, 0.4) is 0 Å². The van der Waals surface area contributed by atoms with Gasteiger partial charge in [0.15, 0.2) is 0 Å². The summed E-state index contributed by atoms with van der Waals surface area (Å²) >= 11 is 0. The molecule has 1 rings (SSSR count). The first kappa shape index (κ1) is 16.2. The van der Waals surface area contributed by atoms with E-state index in [9.17, 15) is 9.59 Å². The van der Waals surface area contributed by atoms with E-state index in [0.29, 0.717) is 31.6 Å². The van der Waals surface area contributed by atoms with Gasteiger partial charge in [0, 0.05) is 25.6 Å². The molecule has 0 saturated heterocycles. The Morgan fingerprint density at radius 2 is 1.90 bits per heavy atom. The average Bonchev–Trinajstić information content (AvgIpc) is 2.47. The van der Waals surface area contributed by atoms with Crippen molar-refractivity contribution in [1.29, 1.82) is 0 Å². The molecule has 0 bridgehead atoms. The van der Waals surface area contributed by atoms with Gasteiger partial charge in [-0.3, -0.25) is 9.59 Å². The quantitative estimate of drug-likeness (QED) is 0.583. The minimum Gasteiger partial charge on any atom is -0.469 e. The Labute approximate surface area is 119 Å². The summed E-state index contributed by atoms with van der Waals surface area (Å²) in [5.74, 6) is -0.336. The number of hydrogen-bond acceptors (Lipinski definition) is 4. The molecule has 20 heavy (non-hydrogen) atoms. The molecule has 0 aliphatic carbocycles. The molecule has 0 aliphatic rings. The monoisotopic (exact) mass is 279 g/mol. The standard InChI is InChI=1S/C15H21NO4/c1-19-11-12-7-3-4-8-13(12)15(18)16-10-6-5-9-14(17)20-2/h3-4,7-8H,5-6,9-11H2,1-2H3,(H,16,18). The third-order valence-corrected chi connectivity index (χ3v) is 2.88. The van der Waals surface area contributed by atoms with Gasteiger partial charge in [-0.2, -0.15) is 0 Å². The minimum atomic E-state index is -0.221. The van der Waals surface area contributed by atoms with Crippen LogP contribution in [0.15, 0.2) is 24.3 Å². The predicted molar refractivity (Wildman–Crippen MR) is 75.4 cm³/mol. The van der Waals surface area contributed by atoms with Crippen molar-refractivity contribution in [2.45, 2.75) is 25.9 Å². The van der Waals surface area contributed by atoms with Crippen LogP contribution in [0.25, 0.3) is 0 Å². The lowest BCUT2D eigenvalue weighted by atomic mass is 10.1. The SMILES string of the molecule is COCc1ccccc1C(=O)NCCCCC(=O)OC. The van der Waals surface area contributed by atoms with Crippen LogP contribution in [-0.4, -0.2) is 32.6 Å². The summed E-state index contributed by atoms with van der Waals surface area (Å²) in [5, 5.41) is 2.84. The highest BCUT2D eigenvalue weighted by molar-refractivity contribution is 5.95. The molecule has 1 N–H and O–H groups in total. The molecule has 110 valence electrons. The second-order valence-corrected chi connectivity index (χ2v) is 4.38. The molecule has 5 nitrogen and oxygen atoms in total. The molecule has 0 fully saturated rings. The van der Waals surface area contributed by atoms with E-state index in [0.717, 1.165) is 12.0 Å². The molecule has 0 spiro atoms. The number of ether oxygens (including phenoxy) is 2. The zero-order valence-electron chi connectivity index (χ0n) is 12.0. The number of nitrogens with one attached hydrogen (secondary N) is 1. The van der Waals surface area contributed by atoms with Crippen LogP contribution in [-0.2, 0) is 20.9 Å². The van der Waals surface area contributed by atoms with Gasteiger partial charge in [0.25, 0.3) is 5.91 Å². The number of rotatable bonds is 8. The summed E-state index contributed by atoms with van der Waals surface area (Å²) in [7, 11) is 2.97. The molecule has 0 aliphatic heterocycles. The van der Waals surface area contributed by atoms with Gasteiger partial charge in [-0.15, -0.1) is 0 Å². The molecule has 1 amide bonds. The Morgan fingerprint density at radius 3 is 2.60 bits per heavy atom. The number of methoxy groups -OCH3 is 2. The van der Waals surface area contributed by atoms with E-state index < -0.39 is 0 Å². The van der Waals surface area contributed by atoms with Crippen molar-refractivity contribution in [3.8, 4) is 0 Å². The van der Waals surface area contributed by atoms with Crippen LogP contribution >= 0.6 is 0 Å². The van der Waals surface area contributed by atoms with Gasteiger partial charge in [0.2, 0.25) is 0 Å². The van der Waals surface area contributed by atoms with E-state index in [1.54, 1.807) is 13.2 Å². The van der Waals surface area contributed by atoms with Gasteiger partial charge in [0.1, 0.15) is 0 Å². The highest BCUT2D eigenvalue weighted by Gasteiger charge is 2.09. The molecule has 1 aromatic carbocycles. The van der Waals surface area contributed by atoms with Crippen molar-refractivity contribution in [3.05, 3.63) is 35.4 Å². The van der Waals surface area contributed by atoms with Crippen LogP contribution in [0.2, 0.25) is 0 Å². The first-order valence-electron chi connectivity index (χ1n) is 6.61. The van der Waals surface area contributed by atoms with Crippen LogP contribution < -0.4 is 5.32 Å². The number of carbonyl (C=O) groups excluding carboxylic acids is 2. The first-order valence-corrected chi connectivity index (χ1v) is 6.61. The third-order valence-electron chi connectivity index (χ3n) is 2.88. The van der Waals surface area contributed by atoms with Crippen LogP contribution in [0.1, 0.15) is 35.2 Å². The summed E-state index contributed by atoms with van der Waals surface area (Å²) in [6.45, 7) is 0.947. The molecule has 0 saturated carbocycles. The summed E-state index contributed by atoms with van der Waals surface area (Å²) in [6, 6.07) is 7.35. The van der Waals surface area contributed by atoms with Gasteiger partial charge < -0.3 is 14.8 Å². The van der Waals surface area contributed by atoms with Crippen LogP contribution in [0.4, 0.5) is 0 Å². The van der Waals surface area contributed by atoms with E-state index >= 15 is 0 Å². The number of carbonyl (C=O) groups is 2. The number of hydrogen-bond donors (Lipinski definition) is 1. The van der Waals surface area contributed by atoms with Crippen molar-refractivity contribution in [1.82, 2.24) is 5.32 Å². The molecular weight excluding hydrogens is 258 g/mol. The fourth-order valence-electron chi connectivity index (χ4n) is 1.82. The van der Waals surface area contributed by atoms with Crippen molar-refractivity contribution in [2.24, 2.45) is 0 Å². The van der Waals surface area contributed by atoms with Gasteiger partial charge in [-0.1, -0.05) is 18.2 Å². The van der Waals surface area contributed by atoms with Crippen LogP contribution in [0.5, 0.6) is 0 Å². The van der Waals surface area contributed by atoms with Gasteiger partial charge in [-0.05, 0) is 24.5 Å². The Kier molecular flexibility index (Phi) is 7.35. The zero-order valence-corrected chi connectivity index (χ0v) is 12.0. The Balaban J connectivity index is 2.37. The lowest BCUT2D eigenvalue weighted by Crippen LogP contribution is -2.25. The molecule has 0 heterocycles. The minimum absolute atomic E-state index is 0.115. The highest BCUT2D eigenvalue weighted by Crippen LogP contribution is 2.09. The fourth-order valence-corrected chi connectivity index (χ4v) is 1.82. The van der Waals surface area contributed by atoms with Gasteiger partial charge in [-0.25, -0.2) is 0 Å². The second-order valence-electron chi connectivity index (χ2n) is 4.38. The summed E-state index contributed by atoms with van der Waals surface area (Å²) in [6.07, 6.45) is 1.83. The molecule has 5 heteroatoms. The Morgan fingerprint density at radius 1 is 1.15 bits per heavy atom. The number of benzene rings is 1. The van der Waals surface area contributed by atoms with Crippen LogP contribution in [0, 0.1) is 0 Å². The average molecular weight is 279 g/mol. The number of unbranched alkanes of at least 4 members (excludes halogenated alkanes) is 1. The normalized spacial score (nSPS) is 10.1. The predicted octanol–water partition coefficient (Wildman–Crippen LogP) is 1.91. The van der Waals surface area contributed by atoms with E-state index in [4.69, 9.17) is 4.74 Å². The largest absolute Gasteiger partial charge is 0.469 e. The van der Waals surface area contributed by atoms with E-state index in [1.807, 2.05) is 18.2 Å². The third kappa shape index (κ3) is 5.40. The van der Waals surface area contributed by atoms with E-state index in [2.05, 4.69) is 10.1 Å². The maximum absolute atomic E-state index is 12.0. The Bertz CT molecular complexity index is 445. The van der Waals surface area contributed by atoms with E-state index in [-0.39, 0.29) is 11.9 Å². The summed E-state index contributed by atoms with van der Waals surface area (Å²) in [5.41, 5.74) is 1.49. The summed E-state index contributed by atoms with van der Waals surface area (Å²) < 4.78 is 9.62. The molecule has 0 aromatic heterocycles. The number of amides is 1. The topological polar surface area (TPSA) is 64.6 Å². The highest BCUT2D eigenvalue weighted by atomic mass is 16.5. The van der Waals surface area contributed by atoms with E-state index in [1.165, 1.54) is 7.11 Å². The smallest absolute Gasteiger partial charge is 0.305 e. The zero-order chi connectivity index (χ0) is 14.8. The van der Waals surface area contributed by atoms with Gasteiger partial charge >= 0.3 is 5.97 Å². The molecule has 0 unspecified atom stereocenters. The second kappa shape index (κ2) is 9.09. The lowest BCUT2D eigenvalue weighted by Gasteiger charge is -2.09. The maximum Gasteiger partial charge on any atom is 0.305 e. The fraction of sp³-hybridized carbons (Fsp3) is 0.467. The van der Waals surface area contributed by atoms with Gasteiger partial charge in [0.05, 0.1) is 13.7 Å². The van der Waals surface area contributed by atoms with Crippen molar-refractivity contribution >= 4 is 11.9 Å². The molecule has 1 aromatic rings. The molecule has 0 atom stereocenters.